The molecule has 0 spiro atoms. The Bertz CT molecular complexity index is 914. The van der Waals surface area contributed by atoms with E-state index in [-0.39, 0.29) is 23.3 Å². The van der Waals surface area contributed by atoms with Crippen LogP contribution in [0.3, 0.4) is 0 Å². The van der Waals surface area contributed by atoms with Crippen molar-refractivity contribution in [3.63, 3.8) is 0 Å². The van der Waals surface area contributed by atoms with E-state index < -0.39 is 17.4 Å². The van der Waals surface area contributed by atoms with Gasteiger partial charge in [0.15, 0.2) is 0 Å². The number of rotatable bonds is 1. The van der Waals surface area contributed by atoms with Crippen LogP contribution < -0.4 is 10.9 Å². The lowest BCUT2D eigenvalue weighted by molar-refractivity contribution is -0.120. The zero-order valence-electron chi connectivity index (χ0n) is 12.4. The van der Waals surface area contributed by atoms with E-state index in [9.17, 15) is 14.4 Å². The highest BCUT2D eigenvalue weighted by Gasteiger charge is 2.29. The molecule has 2 amide bonds. The first kappa shape index (κ1) is 14.8. The number of carbonyl (C=O) groups is 2. The molecule has 1 N–H and O–H groups in total. The summed E-state index contributed by atoms with van der Waals surface area (Å²) in [4.78, 5) is 35.7. The third-order valence-corrected chi connectivity index (χ3v) is 3.56. The summed E-state index contributed by atoms with van der Waals surface area (Å²) >= 11 is 0. The molecule has 114 valence electrons. The molecule has 1 aliphatic heterocycles. The van der Waals surface area contributed by atoms with Crippen LogP contribution in [0.15, 0.2) is 39.5 Å². The Morgan fingerprint density at radius 3 is 2.57 bits per heavy atom. The Morgan fingerprint density at radius 2 is 1.87 bits per heavy atom. The Balaban J connectivity index is 2.18. The number of imide groups is 1. The van der Waals surface area contributed by atoms with E-state index >= 15 is 0 Å². The molecule has 2 heterocycles. The summed E-state index contributed by atoms with van der Waals surface area (Å²) in [5.41, 5.74) is 1.08. The standard InChI is InChI=1S/C18H13NO4/c1-2-12-13(9-8-11-6-4-3-5-7-11)18(22)23-14-10-15(20)19-17(21)16(12)14/h3-7H,2,10H2,1H3,(H,19,20,21). The van der Waals surface area contributed by atoms with Gasteiger partial charge < -0.3 is 4.42 Å². The van der Waals surface area contributed by atoms with E-state index in [1.165, 1.54) is 0 Å². The van der Waals surface area contributed by atoms with Crippen LogP contribution in [0.5, 0.6) is 0 Å². The number of amides is 2. The van der Waals surface area contributed by atoms with Crippen LogP contribution in [0.25, 0.3) is 0 Å². The van der Waals surface area contributed by atoms with E-state index in [4.69, 9.17) is 4.42 Å². The molecule has 0 radical (unpaired) electrons. The van der Waals surface area contributed by atoms with E-state index in [2.05, 4.69) is 17.2 Å². The Morgan fingerprint density at radius 1 is 1.13 bits per heavy atom. The maximum absolute atomic E-state index is 12.2. The normalized spacial score (nSPS) is 12.9. The molecule has 0 saturated carbocycles. The first-order valence-electron chi connectivity index (χ1n) is 7.20. The van der Waals surface area contributed by atoms with Crippen molar-refractivity contribution < 1.29 is 14.0 Å². The summed E-state index contributed by atoms with van der Waals surface area (Å²) in [5.74, 6) is 4.81. The van der Waals surface area contributed by atoms with Crippen LogP contribution in [-0.2, 0) is 17.6 Å². The fraction of sp³-hybridized carbons (Fsp3) is 0.167. The lowest BCUT2D eigenvalue weighted by Crippen LogP contribution is -2.39. The van der Waals surface area contributed by atoms with E-state index in [0.717, 1.165) is 5.56 Å². The lowest BCUT2D eigenvalue weighted by Gasteiger charge is -2.17. The number of carbonyl (C=O) groups excluding carboxylic acids is 2. The molecule has 1 aliphatic rings. The minimum Gasteiger partial charge on any atom is -0.426 e. The van der Waals surface area contributed by atoms with Gasteiger partial charge in [-0.3, -0.25) is 14.9 Å². The topological polar surface area (TPSA) is 76.4 Å². The van der Waals surface area contributed by atoms with Crippen LogP contribution in [0.2, 0.25) is 0 Å². The average molecular weight is 307 g/mol. The molecular weight excluding hydrogens is 294 g/mol. The Kier molecular flexibility index (Phi) is 3.82. The van der Waals surface area contributed by atoms with Crippen LogP contribution in [0, 0.1) is 11.8 Å². The van der Waals surface area contributed by atoms with Gasteiger partial charge in [-0.05, 0) is 24.1 Å². The molecule has 5 nitrogen and oxygen atoms in total. The maximum Gasteiger partial charge on any atom is 0.352 e. The minimum absolute atomic E-state index is 0.115. The van der Waals surface area contributed by atoms with Gasteiger partial charge >= 0.3 is 5.63 Å². The Hall–Kier alpha value is -3.13. The molecule has 0 saturated heterocycles. The summed E-state index contributed by atoms with van der Waals surface area (Å²) < 4.78 is 5.16. The molecule has 1 aromatic carbocycles. The molecule has 0 atom stereocenters. The summed E-state index contributed by atoms with van der Waals surface area (Å²) in [7, 11) is 0. The molecular formula is C18H13NO4. The molecule has 5 heteroatoms. The molecule has 0 unspecified atom stereocenters. The molecule has 0 fully saturated rings. The maximum atomic E-state index is 12.2. The lowest BCUT2D eigenvalue weighted by atomic mass is 9.96. The first-order chi connectivity index (χ1) is 11.1. The van der Waals surface area contributed by atoms with Gasteiger partial charge in [0.2, 0.25) is 5.91 Å². The fourth-order valence-electron chi connectivity index (χ4n) is 2.53. The number of hydrogen-bond acceptors (Lipinski definition) is 4. The summed E-state index contributed by atoms with van der Waals surface area (Å²) in [5, 5.41) is 2.24. The van der Waals surface area contributed by atoms with Gasteiger partial charge in [-0.15, -0.1) is 0 Å². The van der Waals surface area contributed by atoms with E-state index in [1.807, 2.05) is 37.3 Å². The average Bonchev–Trinajstić information content (AvgIpc) is 2.53. The second kappa shape index (κ2) is 5.93. The van der Waals surface area contributed by atoms with Crippen molar-refractivity contribution in [3.05, 3.63) is 68.8 Å². The van der Waals surface area contributed by atoms with Crippen LogP contribution in [-0.4, -0.2) is 11.8 Å². The van der Waals surface area contributed by atoms with Gasteiger partial charge in [0.25, 0.3) is 5.91 Å². The van der Waals surface area contributed by atoms with Crippen molar-refractivity contribution in [2.75, 3.05) is 0 Å². The van der Waals surface area contributed by atoms with Gasteiger partial charge in [0, 0.05) is 5.56 Å². The third-order valence-electron chi connectivity index (χ3n) is 3.56. The zero-order valence-corrected chi connectivity index (χ0v) is 12.4. The summed E-state index contributed by atoms with van der Waals surface area (Å²) in [6.07, 6.45) is 0.323. The van der Waals surface area contributed by atoms with Crippen molar-refractivity contribution in [2.45, 2.75) is 19.8 Å². The number of fused-ring (bicyclic) bond motifs is 1. The zero-order chi connectivity index (χ0) is 16.4. The van der Waals surface area contributed by atoms with Crippen molar-refractivity contribution >= 4 is 11.8 Å². The van der Waals surface area contributed by atoms with Crippen LogP contribution >= 0.6 is 0 Å². The van der Waals surface area contributed by atoms with Crippen molar-refractivity contribution in [3.8, 4) is 11.8 Å². The molecule has 0 aliphatic carbocycles. The van der Waals surface area contributed by atoms with Gasteiger partial charge in [-0.2, -0.15) is 0 Å². The van der Waals surface area contributed by atoms with Gasteiger partial charge in [0.1, 0.15) is 11.3 Å². The van der Waals surface area contributed by atoms with Crippen LogP contribution in [0.1, 0.15) is 39.7 Å². The van der Waals surface area contributed by atoms with E-state index in [0.29, 0.717) is 12.0 Å². The highest BCUT2D eigenvalue weighted by Crippen LogP contribution is 2.20. The van der Waals surface area contributed by atoms with Gasteiger partial charge in [0.05, 0.1) is 12.0 Å². The third kappa shape index (κ3) is 2.79. The molecule has 1 aromatic heterocycles. The van der Waals surface area contributed by atoms with E-state index in [1.54, 1.807) is 0 Å². The van der Waals surface area contributed by atoms with Crippen LogP contribution in [0.4, 0.5) is 0 Å². The Labute approximate surface area is 132 Å². The van der Waals surface area contributed by atoms with Crippen molar-refractivity contribution in [1.82, 2.24) is 5.32 Å². The molecule has 23 heavy (non-hydrogen) atoms. The predicted molar refractivity (Wildman–Crippen MR) is 83.0 cm³/mol. The fourth-order valence-corrected chi connectivity index (χ4v) is 2.53. The van der Waals surface area contributed by atoms with Crippen molar-refractivity contribution in [1.29, 1.82) is 0 Å². The van der Waals surface area contributed by atoms with Gasteiger partial charge in [-0.1, -0.05) is 37.0 Å². The smallest absolute Gasteiger partial charge is 0.352 e. The number of benzene rings is 1. The second-order valence-corrected chi connectivity index (χ2v) is 5.06. The monoisotopic (exact) mass is 307 g/mol. The SMILES string of the molecule is CCc1c2c(oc(=O)c1C#Cc1ccccc1)CC(=O)NC2=O. The number of nitrogens with one attached hydrogen (secondary N) is 1. The highest BCUT2D eigenvalue weighted by atomic mass is 16.4. The van der Waals surface area contributed by atoms with Gasteiger partial charge in [-0.25, -0.2) is 4.79 Å². The molecule has 3 rings (SSSR count). The predicted octanol–water partition coefficient (Wildman–Crippen LogP) is 1.41. The molecule has 2 aromatic rings. The highest BCUT2D eigenvalue weighted by molar-refractivity contribution is 6.10. The summed E-state index contributed by atoms with van der Waals surface area (Å²) in [6.45, 7) is 1.83. The van der Waals surface area contributed by atoms with Crippen molar-refractivity contribution in [2.24, 2.45) is 0 Å². The first-order valence-corrected chi connectivity index (χ1v) is 7.20. The minimum atomic E-state index is -0.619. The number of hydrogen-bond donors (Lipinski definition) is 1. The molecule has 0 bridgehead atoms. The quantitative estimate of drug-likeness (QED) is 0.638. The second-order valence-electron chi connectivity index (χ2n) is 5.06. The largest absolute Gasteiger partial charge is 0.426 e. The summed E-state index contributed by atoms with van der Waals surface area (Å²) in [6, 6.07) is 9.21.